The van der Waals surface area contributed by atoms with E-state index in [1.807, 2.05) is 18.9 Å². The van der Waals surface area contributed by atoms with Crippen LogP contribution in [-0.4, -0.2) is 51.0 Å². The van der Waals surface area contributed by atoms with Crippen molar-refractivity contribution in [1.29, 1.82) is 0 Å². The molecule has 0 bridgehead atoms. The lowest BCUT2D eigenvalue weighted by atomic mass is 10.2. The number of amides is 1. The highest BCUT2D eigenvalue weighted by Gasteiger charge is 2.33. The molecule has 1 amide bonds. The fourth-order valence-electron chi connectivity index (χ4n) is 3.80. The second-order valence-electron chi connectivity index (χ2n) is 7.89. The second-order valence-corrected chi connectivity index (χ2v) is 7.89. The predicted molar refractivity (Wildman–Crippen MR) is 109 cm³/mol. The van der Waals surface area contributed by atoms with E-state index in [9.17, 15) is 18.0 Å². The lowest BCUT2D eigenvalue weighted by Gasteiger charge is -2.32. The highest BCUT2D eigenvalue weighted by molar-refractivity contribution is 6.03. The second kappa shape index (κ2) is 7.82. The molecular weight excluding hydrogens is 413 g/mol. The molecule has 12 heteroatoms. The van der Waals surface area contributed by atoms with Crippen molar-refractivity contribution in [1.82, 2.24) is 19.9 Å². The normalized spacial score (nSPS) is 23.4. The minimum Gasteiger partial charge on any atom is -0.366 e. The third-order valence-electron chi connectivity index (χ3n) is 5.67. The Morgan fingerprint density at radius 3 is 2.48 bits per heavy atom. The number of halogens is 3. The summed E-state index contributed by atoms with van der Waals surface area (Å²) in [5, 5.41) is 9.32. The van der Waals surface area contributed by atoms with Crippen molar-refractivity contribution >= 4 is 29.2 Å². The maximum Gasteiger partial charge on any atom is 0.434 e. The van der Waals surface area contributed by atoms with Crippen LogP contribution < -0.4 is 20.9 Å². The van der Waals surface area contributed by atoms with Gasteiger partial charge in [0.2, 0.25) is 11.9 Å². The van der Waals surface area contributed by atoms with E-state index in [1.54, 1.807) is 6.92 Å². The summed E-state index contributed by atoms with van der Waals surface area (Å²) in [7, 11) is 1.82. The van der Waals surface area contributed by atoms with Crippen LogP contribution in [0.1, 0.15) is 37.6 Å². The number of hydrogen-bond donors (Lipinski definition) is 3. The van der Waals surface area contributed by atoms with Gasteiger partial charge in [-0.3, -0.25) is 4.79 Å². The number of aromatic nitrogens is 4. The van der Waals surface area contributed by atoms with Crippen LogP contribution in [0.3, 0.4) is 0 Å². The molecule has 31 heavy (non-hydrogen) atoms. The number of rotatable bonds is 4. The van der Waals surface area contributed by atoms with Gasteiger partial charge < -0.3 is 20.9 Å². The lowest BCUT2D eigenvalue weighted by Crippen LogP contribution is -2.45. The Balaban J connectivity index is 1.40. The number of carbonyl (C=O) groups excluding carboxylic acids is 1. The zero-order valence-electron chi connectivity index (χ0n) is 17.3. The van der Waals surface area contributed by atoms with E-state index in [0.29, 0.717) is 29.0 Å². The van der Waals surface area contributed by atoms with Crippen LogP contribution in [0.4, 0.5) is 36.4 Å². The summed E-state index contributed by atoms with van der Waals surface area (Å²) >= 11 is 0. The summed E-state index contributed by atoms with van der Waals surface area (Å²) in [4.78, 5) is 30.2. The third kappa shape index (κ3) is 4.32. The van der Waals surface area contributed by atoms with Crippen LogP contribution in [0.2, 0.25) is 0 Å². The average molecular weight is 436 g/mol. The SMILES string of the molecule is Cc1nc(N[C@@H]2CC[C@H](Nc3cnc(C(F)(F)F)cn3)C2)nc2c1NC(=O)C(C)N2C. The first kappa shape index (κ1) is 21.1. The van der Waals surface area contributed by atoms with Crippen molar-refractivity contribution < 1.29 is 18.0 Å². The molecule has 0 aromatic carbocycles. The van der Waals surface area contributed by atoms with Gasteiger partial charge in [-0.2, -0.15) is 18.2 Å². The first-order valence-corrected chi connectivity index (χ1v) is 9.96. The van der Waals surface area contributed by atoms with E-state index >= 15 is 0 Å². The molecular formula is C19H23F3N8O. The van der Waals surface area contributed by atoms with E-state index < -0.39 is 11.9 Å². The number of hydrogen-bond acceptors (Lipinski definition) is 8. The van der Waals surface area contributed by atoms with Crippen molar-refractivity contribution in [3.63, 3.8) is 0 Å². The minimum absolute atomic E-state index is 0.0456. The van der Waals surface area contributed by atoms with E-state index in [-0.39, 0.29) is 24.0 Å². The van der Waals surface area contributed by atoms with Crippen LogP contribution in [0.15, 0.2) is 12.4 Å². The number of fused-ring (bicyclic) bond motifs is 1. The fraction of sp³-hybridized carbons (Fsp3) is 0.526. The summed E-state index contributed by atoms with van der Waals surface area (Å²) in [6.07, 6.45) is -0.288. The van der Waals surface area contributed by atoms with Gasteiger partial charge >= 0.3 is 6.18 Å². The molecule has 1 aliphatic heterocycles. The van der Waals surface area contributed by atoms with E-state index in [0.717, 1.165) is 31.7 Å². The minimum atomic E-state index is -4.50. The summed E-state index contributed by atoms with van der Waals surface area (Å²) < 4.78 is 37.8. The number of anilines is 4. The Kier molecular flexibility index (Phi) is 5.31. The molecule has 1 saturated carbocycles. The van der Waals surface area contributed by atoms with Gasteiger partial charge in [-0.25, -0.2) is 15.0 Å². The first-order valence-electron chi connectivity index (χ1n) is 9.96. The Morgan fingerprint density at radius 2 is 1.84 bits per heavy atom. The van der Waals surface area contributed by atoms with Crippen LogP contribution >= 0.6 is 0 Å². The molecule has 1 unspecified atom stereocenters. The van der Waals surface area contributed by atoms with Gasteiger partial charge in [-0.15, -0.1) is 0 Å². The largest absolute Gasteiger partial charge is 0.434 e. The standard InChI is InChI=1S/C19H23F3N8O/c1-9-15-16(30(3)10(2)17(31)28-15)29-18(25-9)27-12-5-4-11(6-12)26-14-8-23-13(7-24-14)19(20,21)22/h7-8,10-12H,4-6H2,1-3H3,(H,24,26)(H,28,31)(H,25,27,29)/t10?,11-,12+/m0/s1. The van der Waals surface area contributed by atoms with Crippen LogP contribution in [0.5, 0.6) is 0 Å². The molecule has 9 nitrogen and oxygen atoms in total. The van der Waals surface area contributed by atoms with Gasteiger partial charge in [-0.05, 0) is 33.1 Å². The number of nitrogens with one attached hydrogen (secondary N) is 3. The number of alkyl halides is 3. The van der Waals surface area contributed by atoms with Gasteiger partial charge in [0.15, 0.2) is 11.5 Å². The fourth-order valence-corrected chi connectivity index (χ4v) is 3.80. The molecule has 2 aromatic rings. The van der Waals surface area contributed by atoms with E-state index in [4.69, 9.17) is 0 Å². The van der Waals surface area contributed by atoms with Gasteiger partial charge in [0.25, 0.3) is 0 Å². The molecule has 2 aliphatic rings. The van der Waals surface area contributed by atoms with E-state index in [2.05, 4.69) is 35.9 Å². The average Bonchev–Trinajstić information content (AvgIpc) is 3.14. The maximum absolute atomic E-state index is 12.6. The third-order valence-corrected chi connectivity index (χ3v) is 5.67. The van der Waals surface area contributed by atoms with Crippen molar-refractivity contribution in [3.8, 4) is 0 Å². The van der Waals surface area contributed by atoms with Crippen LogP contribution in [0, 0.1) is 6.92 Å². The van der Waals surface area contributed by atoms with Crippen LogP contribution in [-0.2, 0) is 11.0 Å². The number of nitrogens with zero attached hydrogens (tertiary/aromatic N) is 5. The number of likely N-dealkylation sites (N-methyl/N-ethyl adjacent to an activating group) is 1. The molecule has 4 rings (SSSR count). The quantitative estimate of drug-likeness (QED) is 0.672. The smallest absolute Gasteiger partial charge is 0.366 e. The number of aryl methyl sites for hydroxylation is 1. The molecule has 3 atom stereocenters. The van der Waals surface area contributed by atoms with Gasteiger partial charge in [0, 0.05) is 19.1 Å². The van der Waals surface area contributed by atoms with Crippen molar-refractivity contribution in [2.75, 3.05) is 27.9 Å². The Labute approximate surface area is 176 Å². The molecule has 166 valence electrons. The van der Waals surface area contributed by atoms with Gasteiger partial charge in [0.1, 0.15) is 17.5 Å². The topological polar surface area (TPSA) is 108 Å². The molecule has 2 aromatic heterocycles. The predicted octanol–water partition coefficient (Wildman–Crippen LogP) is 2.82. The highest BCUT2D eigenvalue weighted by Crippen LogP contribution is 2.33. The lowest BCUT2D eigenvalue weighted by molar-refractivity contribution is -0.141. The molecule has 0 spiro atoms. The summed E-state index contributed by atoms with van der Waals surface area (Å²) in [5.41, 5.74) is 0.273. The summed E-state index contributed by atoms with van der Waals surface area (Å²) in [5.74, 6) is 1.35. The van der Waals surface area contributed by atoms with Crippen molar-refractivity contribution in [2.45, 2.75) is 57.4 Å². The zero-order chi connectivity index (χ0) is 22.3. The maximum atomic E-state index is 12.6. The molecule has 1 fully saturated rings. The first-order chi connectivity index (χ1) is 14.6. The Morgan fingerprint density at radius 1 is 1.13 bits per heavy atom. The molecule has 0 radical (unpaired) electrons. The zero-order valence-corrected chi connectivity index (χ0v) is 17.3. The molecule has 3 heterocycles. The number of carbonyl (C=O) groups is 1. The van der Waals surface area contributed by atoms with Crippen molar-refractivity contribution in [3.05, 3.63) is 23.8 Å². The van der Waals surface area contributed by atoms with E-state index in [1.165, 1.54) is 0 Å². The Bertz CT molecular complexity index is 981. The summed E-state index contributed by atoms with van der Waals surface area (Å²) in [6, 6.07) is -0.193. The van der Waals surface area contributed by atoms with Crippen LogP contribution in [0.25, 0.3) is 0 Å². The molecule has 0 saturated heterocycles. The summed E-state index contributed by atoms with van der Waals surface area (Å²) in [6.45, 7) is 3.62. The van der Waals surface area contributed by atoms with Gasteiger partial charge in [-0.1, -0.05) is 0 Å². The van der Waals surface area contributed by atoms with Crippen molar-refractivity contribution in [2.24, 2.45) is 0 Å². The monoisotopic (exact) mass is 436 g/mol. The molecule has 3 N–H and O–H groups in total. The highest BCUT2D eigenvalue weighted by atomic mass is 19.4. The molecule has 1 aliphatic carbocycles. The van der Waals surface area contributed by atoms with Gasteiger partial charge in [0.05, 0.1) is 18.1 Å². The Hall–Kier alpha value is -3.18.